The fourth-order valence-electron chi connectivity index (χ4n) is 2.01. The molecule has 0 saturated carbocycles. The largest absolute Gasteiger partial charge is 0.383 e. The Labute approximate surface area is 138 Å². The molecule has 1 unspecified atom stereocenters. The van der Waals surface area contributed by atoms with E-state index >= 15 is 0 Å². The smallest absolute Gasteiger partial charge is 0.253 e. The molecular formula is C16H20N4O2S. The average Bonchev–Trinajstić information content (AvgIpc) is 2.47. The molecule has 23 heavy (non-hydrogen) atoms. The fraction of sp³-hybridized carbons (Fsp3) is 0.312. The number of hydrogen-bond acceptors (Lipinski definition) is 5. The lowest BCUT2D eigenvalue weighted by Gasteiger charge is -2.15. The van der Waals surface area contributed by atoms with Gasteiger partial charge in [0.15, 0.2) is 5.16 Å². The summed E-state index contributed by atoms with van der Waals surface area (Å²) in [7, 11) is 0. The van der Waals surface area contributed by atoms with Gasteiger partial charge in [0.25, 0.3) is 5.56 Å². The van der Waals surface area contributed by atoms with Crippen LogP contribution in [0.1, 0.15) is 24.5 Å². The van der Waals surface area contributed by atoms with E-state index in [1.54, 1.807) is 0 Å². The molecule has 0 radical (unpaired) electrons. The molecule has 1 amide bonds. The number of H-pyrrole nitrogens is 1. The molecule has 122 valence electrons. The molecule has 4 N–H and O–H groups in total. The monoisotopic (exact) mass is 332 g/mol. The molecule has 0 spiro atoms. The SMILES string of the molecule is CCC(Sc1nc(N)cc(=O)[nH]1)C(=O)Nc1ccc(C)c(C)c1. The van der Waals surface area contributed by atoms with Gasteiger partial charge in [-0.05, 0) is 43.5 Å². The highest BCUT2D eigenvalue weighted by molar-refractivity contribution is 8.00. The maximum Gasteiger partial charge on any atom is 0.253 e. The predicted molar refractivity (Wildman–Crippen MR) is 93.8 cm³/mol. The van der Waals surface area contributed by atoms with Gasteiger partial charge in [0, 0.05) is 11.8 Å². The van der Waals surface area contributed by atoms with Crippen molar-refractivity contribution in [2.45, 2.75) is 37.6 Å². The van der Waals surface area contributed by atoms with Gasteiger partial charge in [-0.2, -0.15) is 0 Å². The third-order valence-electron chi connectivity index (χ3n) is 3.43. The number of nitrogen functional groups attached to an aromatic ring is 1. The second kappa shape index (κ2) is 7.32. The normalized spacial score (nSPS) is 12.0. The molecule has 0 bridgehead atoms. The van der Waals surface area contributed by atoms with Crippen molar-refractivity contribution in [3.05, 3.63) is 45.7 Å². The number of nitrogens with one attached hydrogen (secondary N) is 2. The standard InChI is InChI=1S/C16H20N4O2S/c1-4-12(23-16-19-13(17)8-14(21)20-16)15(22)18-11-6-5-9(2)10(3)7-11/h5-8,12H,4H2,1-3H3,(H,18,22)(H3,17,19,20,21). The summed E-state index contributed by atoms with van der Waals surface area (Å²) in [5, 5.41) is 2.87. The van der Waals surface area contributed by atoms with Crippen LogP contribution in [-0.2, 0) is 4.79 Å². The van der Waals surface area contributed by atoms with Crippen molar-refractivity contribution in [1.29, 1.82) is 0 Å². The molecule has 0 fully saturated rings. The Morgan fingerprint density at radius 1 is 1.35 bits per heavy atom. The molecule has 2 rings (SSSR count). The second-order valence-corrected chi connectivity index (χ2v) is 6.47. The fourth-order valence-corrected chi connectivity index (χ4v) is 2.93. The van der Waals surface area contributed by atoms with E-state index in [4.69, 9.17) is 5.73 Å². The number of thioether (sulfide) groups is 1. The van der Waals surface area contributed by atoms with Crippen molar-refractivity contribution in [3.63, 3.8) is 0 Å². The van der Waals surface area contributed by atoms with Gasteiger partial charge in [-0.15, -0.1) is 0 Å². The minimum atomic E-state index is -0.374. The van der Waals surface area contributed by atoms with Gasteiger partial charge in [0.1, 0.15) is 5.82 Å². The second-order valence-electron chi connectivity index (χ2n) is 5.28. The van der Waals surface area contributed by atoms with Crippen molar-refractivity contribution in [2.24, 2.45) is 0 Å². The number of aryl methyl sites for hydroxylation is 2. The third kappa shape index (κ3) is 4.59. The van der Waals surface area contributed by atoms with Gasteiger partial charge in [-0.25, -0.2) is 4.98 Å². The van der Waals surface area contributed by atoms with Gasteiger partial charge < -0.3 is 16.0 Å². The molecule has 2 aromatic rings. The molecule has 1 aromatic carbocycles. The van der Waals surface area contributed by atoms with Crippen molar-refractivity contribution >= 4 is 29.2 Å². The first-order chi connectivity index (χ1) is 10.9. The number of carbonyl (C=O) groups excluding carboxylic acids is 1. The molecule has 7 heteroatoms. The number of nitrogens with two attached hydrogens (primary N) is 1. The zero-order valence-electron chi connectivity index (χ0n) is 13.3. The number of amides is 1. The lowest BCUT2D eigenvalue weighted by Crippen LogP contribution is -2.25. The highest BCUT2D eigenvalue weighted by Crippen LogP contribution is 2.23. The number of carbonyl (C=O) groups is 1. The Morgan fingerprint density at radius 3 is 2.70 bits per heavy atom. The number of rotatable bonds is 5. The van der Waals surface area contributed by atoms with Crippen molar-refractivity contribution in [3.8, 4) is 0 Å². The minimum Gasteiger partial charge on any atom is -0.383 e. The van der Waals surface area contributed by atoms with Gasteiger partial charge in [0.05, 0.1) is 5.25 Å². The summed E-state index contributed by atoms with van der Waals surface area (Å²) in [4.78, 5) is 30.5. The van der Waals surface area contributed by atoms with Crippen LogP contribution < -0.4 is 16.6 Å². The van der Waals surface area contributed by atoms with E-state index in [9.17, 15) is 9.59 Å². The lowest BCUT2D eigenvalue weighted by atomic mass is 10.1. The zero-order valence-corrected chi connectivity index (χ0v) is 14.2. The Hall–Kier alpha value is -2.28. The molecular weight excluding hydrogens is 312 g/mol. The van der Waals surface area contributed by atoms with Crippen LogP contribution in [0.2, 0.25) is 0 Å². The highest BCUT2D eigenvalue weighted by atomic mass is 32.2. The van der Waals surface area contributed by atoms with Crippen LogP contribution in [0, 0.1) is 13.8 Å². The first kappa shape index (κ1) is 17.1. The molecule has 1 heterocycles. The van der Waals surface area contributed by atoms with Gasteiger partial charge >= 0.3 is 0 Å². The van der Waals surface area contributed by atoms with Crippen molar-refractivity contribution in [1.82, 2.24) is 9.97 Å². The van der Waals surface area contributed by atoms with Crippen LogP contribution in [0.4, 0.5) is 11.5 Å². The molecule has 6 nitrogen and oxygen atoms in total. The third-order valence-corrected chi connectivity index (χ3v) is 4.68. The first-order valence-corrected chi connectivity index (χ1v) is 8.18. The van der Waals surface area contributed by atoms with E-state index < -0.39 is 0 Å². The summed E-state index contributed by atoms with van der Waals surface area (Å²) in [6.45, 7) is 5.92. The lowest BCUT2D eigenvalue weighted by molar-refractivity contribution is -0.115. The van der Waals surface area contributed by atoms with Crippen LogP contribution in [0.15, 0.2) is 34.2 Å². The maximum absolute atomic E-state index is 12.4. The Morgan fingerprint density at radius 2 is 2.09 bits per heavy atom. The Bertz CT molecular complexity index is 773. The molecule has 1 atom stereocenters. The molecule has 0 aliphatic heterocycles. The predicted octanol–water partition coefficient (Wildman–Crippen LogP) is 2.48. The average molecular weight is 332 g/mol. The first-order valence-electron chi connectivity index (χ1n) is 7.30. The number of hydrogen-bond donors (Lipinski definition) is 3. The molecule has 1 aromatic heterocycles. The number of aromatic nitrogens is 2. The van der Waals surface area contributed by atoms with E-state index in [1.807, 2.05) is 39.0 Å². The van der Waals surface area contributed by atoms with Crippen molar-refractivity contribution < 1.29 is 4.79 Å². The van der Waals surface area contributed by atoms with E-state index in [0.29, 0.717) is 11.6 Å². The highest BCUT2D eigenvalue weighted by Gasteiger charge is 2.19. The van der Waals surface area contributed by atoms with Crippen molar-refractivity contribution in [2.75, 3.05) is 11.1 Å². The number of nitrogens with zero attached hydrogens (tertiary/aromatic N) is 1. The van der Waals surface area contributed by atoms with Gasteiger partial charge in [0.2, 0.25) is 5.91 Å². The van der Waals surface area contributed by atoms with E-state index in [2.05, 4.69) is 15.3 Å². The summed E-state index contributed by atoms with van der Waals surface area (Å²) < 4.78 is 0. The Kier molecular flexibility index (Phi) is 5.44. The topological polar surface area (TPSA) is 101 Å². The minimum absolute atomic E-state index is 0.133. The summed E-state index contributed by atoms with van der Waals surface area (Å²) in [5.74, 6) is 0.00602. The Balaban J connectivity index is 2.11. The van der Waals surface area contributed by atoms with Crippen LogP contribution in [0.25, 0.3) is 0 Å². The zero-order chi connectivity index (χ0) is 17.0. The van der Waals surface area contributed by atoms with Gasteiger partial charge in [-0.1, -0.05) is 24.8 Å². The van der Waals surface area contributed by atoms with Crippen LogP contribution in [0.5, 0.6) is 0 Å². The van der Waals surface area contributed by atoms with Gasteiger partial charge in [-0.3, -0.25) is 9.59 Å². The molecule has 0 aliphatic rings. The summed E-state index contributed by atoms with van der Waals surface area (Å²) in [6, 6.07) is 6.99. The summed E-state index contributed by atoms with van der Waals surface area (Å²) >= 11 is 1.19. The van der Waals surface area contributed by atoms with E-state index in [-0.39, 0.29) is 22.5 Å². The van der Waals surface area contributed by atoms with Crippen LogP contribution >= 0.6 is 11.8 Å². The number of benzene rings is 1. The van der Waals surface area contributed by atoms with Crippen LogP contribution in [-0.4, -0.2) is 21.1 Å². The molecule has 0 saturated heterocycles. The molecule has 0 aliphatic carbocycles. The van der Waals surface area contributed by atoms with E-state index in [1.165, 1.54) is 23.4 Å². The number of anilines is 2. The van der Waals surface area contributed by atoms with E-state index in [0.717, 1.165) is 11.3 Å². The maximum atomic E-state index is 12.4. The quantitative estimate of drug-likeness (QED) is 0.577. The summed E-state index contributed by atoms with van der Waals surface area (Å²) in [5.41, 5.74) is 8.28. The summed E-state index contributed by atoms with van der Waals surface area (Å²) in [6.07, 6.45) is 0.597. The number of aromatic amines is 1. The van der Waals surface area contributed by atoms with Crippen LogP contribution in [0.3, 0.4) is 0 Å².